The third-order valence-electron chi connectivity index (χ3n) is 3.73. The Kier molecular flexibility index (Phi) is 5.05. The smallest absolute Gasteiger partial charge is 0.263 e. The van der Waals surface area contributed by atoms with Crippen LogP contribution < -0.4 is 10.5 Å². The highest BCUT2D eigenvalue weighted by atomic mass is 79.9. The molecule has 1 aliphatic heterocycles. The predicted octanol–water partition coefficient (Wildman–Crippen LogP) is 2.41. The van der Waals surface area contributed by atoms with Crippen LogP contribution in [0, 0.1) is 5.92 Å². The van der Waals surface area contributed by atoms with Crippen molar-refractivity contribution >= 4 is 21.8 Å². The van der Waals surface area contributed by atoms with E-state index in [0.717, 1.165) is 17.4 Å². The highest BCUT2D eigenvalue weighted by Crippen LogP contribution is 2.24. The number of likely N-dealkylation sites (tertiary alicyclic amines) is 1. The fraction of sp³-hybridized carbons (Fsp3) is 0.533. The second-order valence-corrected chi connectivity index (χ2v) is 6.31. The second kappa shape index (κ2) is 6.59. The van der Waals surface area contributed by atoms with Crippen molar-refractivity contribution in [3.63, 3.8) is 0 Å². The quantitative estimate of drug-likeness (QED) is 0.915. The molecule has 3 unspecified atom stereocenters. The van der Waals surface area contributed by atoms with Gasteiger partial charge in [-0.3, -0.25) is 4.79 Å². The van der Waals surface area contributed by atoms with Crippen LogP contribution in [0.15, 0.2) is 28.7 Å². The van der Waals surface area contributed by atoms with Gasteiger partial charge in [0.2, 0.25) is 0 Å². The molecule has 5 heteroatoms. The van der Waals surface area contributed by atoms with Crippen LogP contribution in [0.25, 0.3) is 0 Å². The summed E-state index contributed by atoms with van der Waals surface area (Å²) in [6, 6.07) is 7.77. The van der Waals surface area contributed by atoms with Gasteiger partial charge >= 0.3 is 0 Å². The molecular formula is C15H21BrN2O2. The Morgan fingerprint density at radius 2 is 2.35 bits per heavy atom. The summed E-state index contributed by atoms with van der Waals surface area (Å²) >= 11 is 3.39. The van der Waals surface area contributed by atoms with E-state index >= 15 is 0 Å². The average Bonchev–Trinajstić information content (AvgIpc) is 2.79. The van der Waals surface area contributed by atoms with E-state index in [2.05, 4.69) is 22.9 Å². The second-order valence-electron chi connectivity index (χ2n) is 5.39. The van der Waals surface area contributed by atoms with Crippen molar-refractivity contribution in [3.05, 3.63) is 28.7 Å². The summed E-state index contributed by atoms with van der Waals surface area (Å²) in [5, 5.41) is 0. The van der Waals surface area contributed by atoms with Crippen LogP contribution in [-0.2, 0) is 4.79 Å². The van der Waals surface area contributed by atoms with Gasteiger partial charge in [0.15, 0.2) is 6.10 Å². The Hall–Kier alpha value is -1.07. The van der Waals surface area contributed by atoms with Crippen LogP contribution in [0.5, 0.6) is 5.75 Å². The first kappa shape index (κ1) is 15.3. The highest BCUT2D eigenvalue weighted by Gasteiger charge is 2.34. The minimum atomic E-state index is -0.483. The van der Waals surface area contributed by atoms with Crippen LogP contribution in [0.4, 0.5) is 0 Å². The van der Waals surface area contributed by atoms with E-state index in [1.54, 1.807) is 6.92 Å². The lowest BCUT2D eigenvalue weighted by Gasteiger charge is -2.25. The van der Waals surface area contributed by atoms with Crippen LogP contribution >= 0.6 is 15.9 Å². The summed E-state index contributed by atoms with van der Waals surface area (Å²) < 4.78 is 6.67. The molecule has 4 nitrogen and oxygen atoms in total. The van der Waals surface area contributed by atoms with Gasteiger partial charge in [-0.15, -0.1) is 0 Å². The molecule has 2 rings (SSSR count). The molecule has 0 spiro atoms. The fourth-order valence-electron chi connectivity index (χ4n) is 2.65. The van der Waals surface area contributed by atoms with Crippen molar-refractivity contribution in [2.24, 2.45) is 11.7 Å². The van der Waals surface area contributed by atoms with Gasteiger partial charge < -0.3 is 15.4 Å². The maximum Gasteiger partial charge on any atom is 0.263 e. The molecule has 1 amide bonds. The molecule has 1 aliphatic rings. The van der Waals surface area contributed by atoms with E-state index in [1.165, 1.54) is 0 Å². The van der Waals surface area contributed by atoms with Gasteiger partial charge in [0.1, 0.15) is 5.75 Å². The summed E-state index contributed by atoms with van der Waals surface area (Å²) in [5.74, 6) is 1.14. The molecule has 1 heterocycles. The van der Waals surface area contributed by atoms with Crippen molar-refractivity contribution in [2.45, 2.75) is 32.4 Å². The monoisotopic (exact) mass is 340 g/mol. The maximum atomic E-state index is 12.5. The van der Waals surface area contributed by atoms with E-state index in [1.807, 2.05) is 29.2 Å². The summed E-state index contributed by atoms with van der Waals surface area (Å²) in [4.78, 5) is 14.3. The normalized spacial score (nSPS) is 23.7. The third-order valence-corrected chi connectivity index (χ3v) is 4.23. The molecule has 20 heavy (non-hydrogen) atoms. The van der Waals surface area contributed by atoms with Crippen LogP contribution in [0.1, 0.15) is 20.3 Å². The van der Waals surface area contributed by atoms with E-state index in [-0.39, 0.29) is 11.9 Å². The molecule has 1 saturated heterocycles. The number of nitrogens with two attached hydrogens (primary N) is 1. The van der Waals surface area contributed by atoms with Gasteiger partial charge in [-0.25, -0.2) is 0 Å². The van der Waals surface area contributed by atoms with Crippen LogP contribution in [-0.4, -0.2) is 36.0 Å². The Bertz CT molecular complexity index is 481. The van der Waals surface area contributed by atoms with E-state index in [4.69, 9.17) is 10.5 Å². The molecule has 2 N–H and O–H groups in total. The molecule has 0 aromatic heterocycles. The van der Waals surface area contributed by atoms with Crippen molar-refractivity contribution < 1.29 is 9.53 Å². The number of nitrogens with zero attached hydrogens (tertiary/aromatic N) is 1. The Balaban J connectivity index is 1.98. The molecule has 1 aromatic carbocycles. The lowest BCUT2D eigenvalue weighted by atomic mass is 10.1. The standard InChI is InChI=1S/C15H21BrN2O2/c1-10-6-12(8-17)9-18(10)15(19)11(2)20-14-5-3-4-13(16)7-14/h3-5,7,10-12H,6,8-9,17H2,1-2H3. The molecule has 1 aromatic rings. The number of rotatable bonds is 4. The Morgan fingerprint density at radius 3 is 2.95 bits per heavy atom. The molecule has 110 valence electrons. The first-order chi connectivity index (χ1) is 9.51. The minimum absolute atomic E-state index is 0.0356. The number of carbonyl (C=O) groups is 1. The molecule has 1 fully saturated rings. The summed E-state index contributed by atoms with van der Waals surface area (Å²) in [6.07, 6.45) is 0.495. The fourth-order valence-corrected chi connectivity index (χ4v) is 3.03. The first-order valence-corrected chi connectivity index (χ1v) is 7.73. The summed E-state index contributed by atoms with van der Waals surface area (Å²) in [6.45, 7) is 5.24. The molecule has 3 atom stereocenters. The van der Waals surface area contributed by atoms with Crippen LogP contribution in [0.3, 0.4) is 0 Å². The topological polar surface area (TPSA) is 55.6 Å². The van der Waals surface area contributed by atoms with Gasteiger partial charge in [-0.05, 0) is 50.9 Å². The van der Waals surface area contributed by atoms with Gasteiger partial charge in [0.05, 0.1) is 0 Å². The van der Waals surface area contributed by atoms with Gasteiger partial charge in [0.25, 0.3) is 5.91 Å². The van der Waals surface area contributed by atoms with Gasteiger partial charge in [-0.1, -0.05) is 22.0 Å². The maximum absolute atomic E-state index is 12.5. The zero-order valence-corrected chi connectivity index (χ0v) is 13.5. The van der Waals surface area contributed by atoms with Gasteiger partial charge in [0, 0.05) is 17.1 Å². The third kappa shape index (κ3) is 3.52. The number of halogens is 1. The molecule has 0 radical (unpaired) electrons. The number of amides is 1. The lowest BCUT2D eigenvalue weighted by molar-refractivity contribution is -0.138. The SMILES string of the molecule is CC(Oc1cccc(Br)c1)C(=O)N1CC(CN)CC1C. The summed E-state index contributed by atoms with van der Waals surface area (Å²) in [5.41, 5.74) is 5.70. The van der Waals surface area contributed by atoms with E-state index < -0.39 is 6.10 Å². The molecule has 0 saturated carbocycles. The van der Waals surface area contributed by atoms with Crippen molar-refractivity contribution in [3.8, 4) is 5.75 Å². The van der Waals surface area contributed by atoms with Crippen molar-refractivity contribution in [2.75, 3.05) is 13.1 Å². The number of benzene rings is 1. The number of hydrogen-bond acceptors (Lipinski definition) is 3. The van der Waals surface area contributed by atoms with E-state index in [0.29, 0.717) is 18.2 Å². The number of ether oxygens (including phenoxy) is 1. The molecular weight excluding hydrogens is 320 g/mol. The Labute approximate surface area is 128 Å². The molecule has 0 aliphatic carbocycles. The van der Waals surface area contributed by atoms with Crippen molar-refractivity contribution in [1.29, 1.82) is 0 Å². The van der Waals surface area contributed by atoms with E-state index in [9.17, 15) is 4.79 Å². The summed E-state index contributed by atoms with van der Waals surface area (Å²) in [7, 11) is 0. The Morgan fingerprint density at radius 1 is 1.60 bits per heavy atom. The minimum Gasteiger partial charge on any atom is -0.481 e. The highest BCUT2D eigenvalue weighted by molar-refractivity contribution is 9.10. The number of carbonyl (C=O) groups excluding carboxylic acids is 1. The van der Waals surface area contributed by atoms with Crippen molar-refractivity contribution in [1.82, 2.24) is 4.90 Å². The average molecular weight is 341 g/mol. The van der Waals surface area contributed by atoms with Gasteiger partial charge in [-0.2, -0.15) is 0 Å². The predicted molar refractivity (Wildman–Crippen MR) is 82.6 cm³/mol. The van der Waals surface area contributed by atoms with Crippen LogP contribution in [0.2, 0.25) is 0 Å². The molecule has 0 bridgehead atoms. The zero-order valence-electron chi connectivity index (χ0n) is 11.9. The number of hydrogen-bond donors (Lipinski definition) is 1. The lowest BCUT2D eigenvalue weighted by Crippen LogP contribution is -2.42. The first-order valence-electron chi connectivity index (χ1n) is 6.94. The largest absolute Gasteiger partial charge is 0.481 e. The zero-order chi connectivity index (χ0) is 14.7.